The predicted octanol–water partition coefficient (Wildman–Crippen LogP) is 2.09. The summed E-state index contributed by atoms with van der Waals surface area (Å²) in [7, 11) is 1.21. The van der Waals surface area contributed by atoms with Crippen molar-refractivity contribution in [2.24, 2.45) is 0 Å². The van der Waals surface area contributed by atoms with Crippen molar-refractivity contribution in [3.05, 3.63) is 68.1 Å². The maximum Gasteiger partial charge on any atom is 0.277 e. The second-order valence-corrected chi connectivity index (χ2v) is 4.19. The Bertz CT molecular complexity index is 758. The van der Waals surface area contributed by atoms with E-state index in [4.69, 9.17) is 4.74 Å². The van der Waals surface area contributed by atoms with Crippen LogP contribution in [0.2, 0.25) is 0 Å². The van der Waals surface area contributed by atoms with E-state index in [1.165, 1.54) is 7.11 Å². The fraction of sp³-hybridized carbons (Fsp3) is 0.154. The smallest absolute Gasteiger partial charge is 0.277 e. The van der Waals surface area contributed by atoms with Crippen LogP contribution in [0.5, 0.6) is 5.75 Å². The number of pyridine rings is 1. The molecule has 0 saturated heterocycles. The summed E-state index contributed by atoms with van der Waals surface area (Å²) in [6.45, 7) is -0.274. The third-order valence-corrected chi connectivity index (χ3v) is 2.84. The molecule has 2 rings (SSSR count). The Hall–Kier alpha value is -2.77. The van der Waals surface area contributed by atoms with Gasteiger partial charge in [0.25, 0.3) is 11.2 Å². The first-order valence-electron chi connectivity index (χ1n) is 5.79. The van der Waals surface area contributed by atoms with Crippen molar-refractivity contribution in [1.82, 2.24) is 4.57 Å². The van der Waals surface area contributed by atoms with Crippen molar-refractivity contribution in [1.29, 1.82) is 0 Å². The molecular weight excluding hydrogens is 286 g/mol. The Kier molecular flexibility index (Phi) is 3.97. The quantitative estimate of drug-likeness (QED) is 0.639. The van der Waals surface area contributed by atoms with Gasteiger partial charge in [-0.15, -0.1) is 0 Å². The van der Waals surface area contributed by atoms with E-state index < -0.39 is 27.8 Å². The van der Waals surface area contributed by atoms with Gasteiger partial charge in [-0.05, 0) is 12.1 Å². The topological polar surface area (TPSA) is 74.4 Å². The van der Waals surface area contributed by atoms with Gasteiger partial charge < -0.3 is 9.30 Å². The predicted molar refractivity (Wildman–Crippen MR) is 69.4 cm³/mol. The summed E-state index contributed by atoms with van der Waals surface area (Å²) in [5, 5.41) is 11.0. The van der Waals surface area contributed by atoms with E-state index in [-0.39, 0.29) is 17.9 Å². The molecule has 0 N–H and O–H groups in total. The van der Waals surface area contributed by atoms with E-state index in [9.17, 15) is 23.7 Å². The lowest BCUT2D eigenvalue weighted by Crippen LogP contribution is -2.20. The molecule has 0 radical (unpaired) electrons. The maximum atomic E-state index is 13.5. The minimum atomic E-state index is -0.889. The maximum absolute atomic E-state index is 13.5. The van der Waals surface area contributed by atoms with Crippen molar-refractivity contribution in [3.63, 3.8) is 0 Å². The van der Waals surface area contributed by atoms with E-state index in [1.54, 1.807) is 0 Å². The molecule has 0 unspecified atom stereocenters. The molecule has 0 saturated carbocycles. The Balaban J connectivity index is 2.54. The average Bonchev–Trinajstić information content (AvgIpc) is 2.44. The number of rotatable bonds is 4. The molecule has 6 nitrogen and oxygen atoms in total. The van der Waals surface area contributed by atoms with E-state index in [0.717, 1.165) is 29.0 Å². The summed E-state index contributed by atoms with van der Waals surface area (Å²) in [6.07, 6.45) is 0.919. The lowest BCUT2D eigenvalue weighted by molar-refractivity contribution is -0.385. The van der Waals surface area contributed by atoms with Crippen molar-refractivity contribution < 1.29 is 18.4 Å². The molecule has 0 spiro atoms. The molecule has 1 aromatic carbocycles. The summed E-state index contributed by atoms with van der Waals surface area (Å²) >= 11 is 0. The molecule has 0 aliphatic heterocycles. The molecule has 110 valence electrons. The fourth-order valence-electron chi connectivity index (χ4n) is 1.85. The number of ether oxygens (including phenoxy) is 1. The number of methoxy groups -OCH3 is 1. The Morgan fingerprint density at radius 1 is 1.33 bits per heavy atom. The molecule has 8 heteroatoms. The van der Waals surface area contributed by atoms with Crippen LogP contribution in [0.15, 0.2) is 35.3 Å². The molecule has 0 aliphatic carbocycles. The zero-order valence-corrected chi connectivity index (χ0v) is 10.9. The van der Waals surface area contributed by atoms with Crippen LogP contribution in [0.25, 0.3) is 0 Å². The zero-order chi connectivity index (χ0) is 15.6. The van der Waals surface area contributed by atoms with Crippen molar-refractivity contribution in [2.45, 2.75) is 6.54 Å². The highest BCUT2D eigenvalue weighted by molar-refractivity contribution is 5.46. The van der Waals surface area contributed by atoms with Gasteiger partial charge in [0.1, 0.15) is 5.82 Å². The molecule has 0 amide bonds. The van der Waals surface area contributed by atoms with Crippen LogP contribution in [0, 0.1) is 21.7 Å². The number of benzene rings is 1. The molecule has 0 aliphatic rings. The first-order chi connectivity index (χ1) is 9.92. The highest BCUT2D eigenvalue weighted by Crippen LogP contribution is 2.28. The number of aromatic nitrogens is 1. The summed E-state index contributed by atoms with van der Waals surface area (Å²) < 4.78 is 32.4. The molecule has 1 heterocycles. The van der Waals surface area contributed by atoms with Crippen molar-refractivity contribution >= 4 is 5.69 Å². The van der Waals surface area contributed by atoms with Gasteiger partial charge in [-0.1, -0.05) is 0 Å². The van der Waals surface area contributed by atoms with Gasteiger partial charge in [-0.2, -0.15) is 0 Å². The van der Waals surface area contributed by atoms with Gasteiger partial charge in [0.15, 0.2) is 11.6 Å². The summed E-state index contributed by atoms with van der Waals surface area (Å²) in [6, 6.07) is 3.81. The van der Waals surface area contributed by atoms with Crippen LogP contribution in [0.1, 0.15) is 5.56 Å². The van der Waals surface area contributed by atoms with Crippen LogP contribution in [0.4, 0.5) is 14.5 Å². The average molecular weight is 296 g/mol. The minimum absolute atomic E-state index is 0.0333. The van der Waals surface area contributed by atoms with Crippen LogP contribution in [-0.4, -0.2) is 16.6 Å². The third-order valence-electron chi connectivity index (χ3n) is 2.84. The highest BCUT2D eigenvalue weighted by Gasteiger charge is 2.19. The molecule has 0 fully saturated rings. The summed E-state index contributed by atoms with van der Waals surface area (Å²) in [5.74, 6) is -1.74. The lowest BCUT2D eigenvalue weighted by Gasteiger charge is -2.09. The summed E-state index contributed by atoms with van der Waals surface area (Å²) in [4.78, 5) is 21.8. The second kappa shape index (κ2) is 5.70. The van der Waals surface area contributed by atoms with Gasteiger partial charge in [0, 0.05) is 12.3 Å². The fourth-order valence-corrected chi connectivity index (χ4v) is 1.85. The number of hydrogen-bond donors (Lipinski definition) is 0. The molecule has 21 heavy (non-hydrogen) atoms. The molecule has 2 aromatic rings. The number of nitro groups is 1. The van der Waals surface area contributed by atoms with E-state index in [1.807, 2.05) is 0 Å². The second-order valence-electron chi connectivity index (χ2n) is 4.19. The van der Waals surface area contributed by atoms with Gasteiger partial charge in [0.05, 0.1) is 30.2 Å². The zero-order valence-electron chi connectivity index (χ0n) is 10.9. The molecule has 0 bridgehead atoms. The SMILES string of the molecule is COc1cc(Cn2cc(F)ccc2=O)c([N+](=O)[O-])cc1F. The van der Waals surface area contributed by atoms with Crippen LogP contribution >= 0.6 is 0 Å². The third kappa shape index (κ3) is 3.04. The van der Waals surface area contributed by atoms with Crippen LogP contribution in [-0.2, 0) is 6.54 Å². The minimum Gasteiger partial charge on any atom is -0.494 e. The first kappa shape index (κ1) is 14.6. The largest absolute Gasteiger partial charge is 0.494 e. The number of hydrogen-bond acceptors (Lipinski definition) is 4. The number of nitrogens with zero attached hydrogens (tertiary/aromatic N) is 2. The number of nitro benzene ring substituents is 1. The summed E-state index contributed by atoms with van der Waals surface area (Å²) in [5.41, 5.74) is -1.01. The molecule has 1 aromatic heterocycles. The van der Waals surface area contributed by atoms with E-state index >= 15 is 0 Å². The van der Waals surface area contributed by atoms with Gasteiger partial charge in [-0.3, -0.25) is 14.9 Å². The van der Waals surface area contributed by atoms with Gasteiger partial charge in [-0.25, -0.2) is 8.78 Å². The standard InChI is InChI=1S/C13H10F2N2O4/c1-21-12-4-8(11(17(19)20)5-10(12)15)6-16-7-9(14)2-3-13(16)18/h2-5,7H,6H2,1H3. The van der Waals surface area contributed by atoms with Crippen LogP contribution < -0.4 is 10.3 Å². The lowest BCUT2D eigenvalue weighted by atomic mass is 10.1. The molecule has 0 atom stereocenters. The van der Waals surface area contributed by atoms with Crippen molar-refractivity contribution in [3.8, 4) is 5.75 Å². The van der Waals surface area contributed by atoms with Crippen molar-refractivity contribution in [2.75, 3.05) is 7.11 Å². The normalized spacial score (nSPS) is 10.4. The van der Waals surface area contributed by atoms with Gasteiger partial charge in [0.2, 0.25) is 0 Å². The van der Waals surface area contributed by atoms with Crippen LogP contribution in [0.3, 0.4) is 0 Å². The Labute approximate surface area is 117 Å². The Morgan fingerprint density at radius 2 is 2.05 bits per heavy atom. The molecular formula is C13H10F2N2O4. The first-order valence-corrected chi connectivity index (χ1v) is 5.79. The Morgan fingerprint density at radius 3 is 2.67 bits per heavy atom. The van der Waals surface area contributed by atoms with E-state index in [0.29, 0.717) is 6.07 Å². The monoisotopic (exact) mass is 296 g/mol. The number of halogens is 2. The van der Waals surface area contributed by atoms with E-state index in [2.05, 4.69) is 0 Å². The highest BCUT2D eigenvalue weighted by atomic mass is 19.1. The van der Waals surface area contributed by atoms with Gasteiger partial charge >= 0.3 is 0 Å².